The number of amides is 1. The van der Waals surface area contributed by atoms with E-state index in [0.29, 0.717) is 5.69 Å². The van der Waals surface area contributed by atoms with Crippen LogP contribution in [0.5, 0.6) is 0 Å². The summed E-state index contributed by atoms with van der Waals surface area (Å²) in [4.78, 5) is 31.9. The first-order valence-corrected chi connectivity index (χ1v) is 8.41. The van der Waals surface area contributed by atoms with Crippen molar-refractivity contribution in [2.24, 2.45) is 5.41 Å². The predicted octanol–water partition coefficient (Wildman–Crippen LogP) is 2.23. The molecule has 1 aromatic heterocycles. The number of nitrogens with zero attached hydrogens (tertiary/aromatic N) is 3. The van der Waals surface area contributed by atoms with Crippen LogP contribution in [-0.4, -0.2) is 60.8 Å². The average Bonchev–Trinajstić information content (AvgIpc) is 2.42. The Labute approximate surface area is 147 Å². The minimum absolute atomic E-state index is 0.157. The van der Waals surface area contributed by atoms with Crippen LogP contribution in [-0.2, 0) is 9.47 Å². The summed E-state index contributed by atoms with van der Waals surface area (Å²) in [5.74, 6) is -0.429. The molecule has 1 aromatic rings. The molecular weight excluding hydrogens is 322 g/mol. The van der Waals surface area contributed by atoms with Gasteiger partial charge in [-0.3, -0.25) is 0 Å². The number of carbonyl (C=O) groups excluding carboxylic acids is 2. The third kappa shape index (κ3) is 3.41. The van der Waals surface area contributed by atoms with E-state index in [1.165, 1.54) is 7.11 Å². The standard InChI is InChI=1S/C18H25N3O4/c1-12-14(7-6-13(19-12)15(22)24-5)20-8-18(9-20)10-21(11-18)16(23)25-17(2,3)4/h6-7H,8-11H2,1-5H3. The molecular formula is C18H25N3O4. The van der Waals surface area contributed by atoms with Gasteiger partial charge in [-0.25, -0.2) is 14.6 Å². The molecule has 7 nitrogen and oxygen atoms in total. The molecule has 0 radical (unpaired) electrons. The number of esters is 1. The molecule has 2 fully saturated rings. The number of ether oxygens (including phenoxy) is 2. The van der Waals surface area contributed by atoms with Crippen molar-refractivity contribution in [1.82, 2.24) is 9.88 Å². The fourth-order valence-electron chi connectivity index (χ4n) is 3.46. The lowest BCUT2D eigenvalue weighted by atomic mass is 9.72. The fraction of sp³-hybridized carbons (Fsp3) is 0.611. The number of aromatic nitrogens is 1. The van der Waals surface area contributed by atoms with Gasteiger partial charge in [0.1, 0.15) is 11.3 Å². The molecule has 0 aromatic carbocycles. The molecule has 1 spiro atoms. The number of methoxy groups -OCH3 is 1. The molecule has 2 aliphatic heterocycles. The van der Waals surface area contributed by atoms with Gasteiger partial charge in [0.15, 0.2) is 0 Å². The molecule has 1 amide bonds. The third-order valence-electron chi connectivity index (χ3n) is 4.55. The van der Waals surface area contributed by atoms with Crippen LogP contribution in [0.3, 0.4) is 0 Å². The Bertz CT molecular complexity index is 697. The van der Waals surface area contributed by atoms with Gasteiger partial charge in [-0.15, -0.1) is 0 Å². The smallest absolute Gasteiger partial charge is 0.410 e. The monoisotopic (exact) mass is 347 g/mol. The average molecular weight is 347 g/mol. The van der Waals surface area contributed by atoms with Crippen LogP contribution in [0.4, 0.5) is 10.5 Å². The molecule has 0 unspecified atom stereocenters. The van der Waals surface area contributed by atoms with Crippen molar-refractivity contribution in [1.29, 1.82) is 0 Å². The molecule has 136 valence electrons. The number of rotatable bonds is 2. The molecule has 3 heterocycles. The van der Waals surface area contributed by atoms with E-state index in [-0.39, 0.29) is 11.5 Å². The van der Waals surface area contributed by atoms with Gasteiger partial charge in [0.25, 0.3) is 0 Å². The number of carbonyl (C=O) groups is 2. The predicted molar refractivity (Wildman–Crippen MR) is 92.8 cm³/mol. The second-order valence-corrected chi connectivity index (χ2v) is 7.99. The van der Waals surface area contributed by atoms with Crippen LogP contribution in [0, 0.1) is 12.3 Å². The SMILES string of the molecule is COC(=O)c1ccc(N2CC3(CN(C(=O)OC(C)(C)C)C3)C2)c(C)n1. The van der Waals surface area contributed by atoms with E-state index >= 15 is 0 Å². The number of aryl methyl sites for hydroxylation is 1. The second-order valence-electron chi connectivity index (χ2n) is 7.99. The van der Waals surface area contributed by atoms with Crippen molar-refractivity contribution in [2.45, 2.75) is 33.3 Å². The second kappa shape index (κ2) is 5.89. The Morgan fingerprint density at radius 2 is 1.80 bits per heavy atom. The molecule has 0 saturated carbocycles. The first-order valence-electron chi connectivity index (χ1n) is 8.41. The van der Waals surface area contributed by atoms with Gasteiger partial charge in [-0.2, -0.15) is 0 Å². The highest BCUT2D eigenvalue weighted by Crippen LogP contribution is 2.42. The molecule has 0 N–H and O–H groups in total. The largest absolute Gasteiger partial charge is 0.464 e. The van der Waals surface area contributed by atoms with Gasteiger partial charge in [0.2, 0.25) is 0 Å². The Balaban J connectivity index is 1.56. The van der Waals surface area contributed by atoms with E-state index in [4.69, 9.17) is 9.47 Å². The number of hydrogen-bond donors (Lipinski definition) is 0. The zero-order valence-electron chi connectivity index (χ0n) is 15.5. The van der Waals surface area contributed by atoms with E-state index in [1.807, 2.05) is 33.8 Å². The van der Waals surface area contributed by atoms with Crippen LogP contribution < -0.4 is 4.90 Å². The van der Waals surface area contributed by atoms with Crippen LogP contribution in [0.2, 0.25) is 0 Å². The highest BCUT2D eigenvalue weighted by molar-refractivity contribution is 5.87. The molecule has 0 atom stereocenters. The van der Waals surface area contributed by atoms with Crippen molar-refractivity contribution < 1.29 is 19.1 Å². The molecule has 2 aliphatic rings. The van der Waals surface area contributed by atoms with Gasteiger partial charge in [-0.1, -0.05) is 0 Å². The van der Waals surface area contributed by atoms with Crippen LogP contribution in [0.25, 0.3) is 0 Å². The number of hydrogen-bond acceptors (Lipinski definition) is 6. The van der Waals surface area contributed by atoms with E-state index < -0.39 is 11.6 Å². The Hall–Kier alpha value is -2.31. The minimum atomic E-state index is -0.463. The summed E-state index contributed by atoms with van der Waals surface area (Å²) in [5, 5.41) is 0. The quantitative estimate of drug-likeness (QED) is 0.764. The maximum atomic E-state index is 12.0. The van der Waals surface area contributed by atoms with Crippen molar-refractivity contribution in [3.63, 3.8) is 0 Å². The molecule has 0 bridgehead atoms. The Kier molecular flexibility index (Phi) is 4.13. The summed E-state index contributed by atoms with van der Waals surface area (Å²) >= 11 is 0. The summed E-state index contributed by atoms with van der Waals surface area (Å²) in [7, 11) is 1.35. The minimum Gasteiger partial charge on any atom is -0.464 e. The van der Waals surface area contributed by atoms with E-state index in [0.717, 1.165) is 37.6 Å². The van der Waals surface area contributed by atoms with Gasteiger partial charge < -0.3 is 19.3 Å². The fourth-order valence-corrected chi connectivity index (χ4v) is 3.46. The number of anilines is 1. The summed E-state index contributed by atoms with van der Waals surface area (Å²) in [5.41, 5.74) is 1.84. The van der Waals surface area contributed by atoms with Gasteiger partial charge in [0, 0.05) is 31.6 Å². The maximum absolute atomic E-state index is 12.0. The molecule has 2 saturated heterocycles. The van der Waals surface area contributed by atoms with Crippen LogP contribution in [0.15, 0.2) is 12.1 Å². The summed E-state index contributed by atoms with van der Waals surface area (Å²) in [6.45, 7) is 10.7. The van der Waals surface area contributed by atoms with E-state index in [2.05, 4.69) is 9.88 Å². The van der Waals surface area contributed by atoms with Gasteiger partial charge in [0.05, 0.1) is 18.5 Å². The lowest BCUT2D eigenvalue weighted by Crippen LogP contribution is -2.73. The Morgan fingerprint density at radius 1 is 1.16 bits per heavy atom. The van der Waals surface area contributed by atoms with E-state index in [1.54, 1.807) is 11.0 Å². The Morgan fingerprint density at radius 3 is 2.32 bits per heavy atom. The summed E-state index contributed by atoms with van der Waals surface area (Å²) < 4.78 is 10.1. The molecule has 3 rings (SSSR count). The third-order valence-corrected chi connectivity index (χ3v) is 4.55. The molecule has 7 heteroatoms. The maximum Gasteiger partial charge on any atom is 0.410 e. The van der Waals surface area contributed by atoms with Crippen molar-refractivity contribution in [3.05, 3.63) is 23.5 Å². The van der Waals surface area contributed by atoms with Crippen molar-refractivity contribution in [3.8, 4) is 0 Å². The summed E-state index contributed by atoms with van der Waals surface area (Å²) in [6, 6.07) is 3.60. The normalized spacial score (nSPS) is 18.4. The zero-order chi connectivity index (χ0) is 18.4. The molecule has 0 aliphatic carbocycles. The lowest BCUT2D eigenvalue weighted by Gasteiger charge is -2.60. The van der Waals surface area contributed by atoms with Crippen LogP contribution in [0.1, 0.15) is 37.0 Å². The van der Waals surface area contributed by atoms with Gasteiger partial charge >= 0.3 is 12.1 Å². The first kappa shape index (κ1) is 17.5. The molecule has 25 heavy (non-hydrogen) atoms. The van der Waals surface area contributed by atoms with Crippen molar-refractivity contribution >= 4 is 17.7 Å². The number of pyridine rings is 1. The first-order chi connectivity index (χ1) is 11.6. The van der Waals surface area contributed by atoms with Crippen LogP contribution >= 0.6 is 0 Å². The summed E-state index contributed by atoms with van der Waals surface area (Å²) in [6.07, 6.45) is -0.239. The highest BCUT2D eigenvalue weighted by Gasteiger charge is 2.54. The van der Waals surface area contributed by atoms with Gasteiger partial charge in [-0.05, 0) is 39.8 Å². The lowest BCUT2D eigenvalue weighted by molar-refractivity contribution is -0.0453. The topological polar surface area (TPSA) is 72.0 Å². The zero-order valence-corrected chi connectivity index (χ0v) is 15.5. The van der Waals surface area contributed by atoms with E-state index in [9.17, 15) is 9.59 Å². The number of likely N-dealkylation sites (tertiary alicyclic amines) is 1. The van der Waals surface area contributed by atoms with Crippen molar-refractivity contribution in [2.75, 3.05) is 38.2 Å². The highest BCUT2D eigenvalue weighted by atomic mass is 16.6.